The Morgan fingerprint density at radius 2 is 1.76 bits per heavy atom. The van der Waals surface area contributed by atoms with Crippen LogP contribution in [-0.2, 0) is 28.6 Å². The van der Waals surface area contributed by atoms with E-state index in [9.17, 15) is 14.4 Å². The largest absolute Gasteiger partial charge is 0.460 e. The van der Waals surface area contributed by atoms with Gasteiger partial charge in [-0.3, -0.25) is 14.4 Å². The first kappa shape index (κ1) is 21.4. The van der Waals surface area contributed by atoms with E-state index in [1.807, 2.05) is 13.8 Å². The second-order valence-corrected chi connectivity index (χ2v) is 6.77. The number of esters is 3. The molecule has 1 rings (SSSR count). The number of hydrogen-bond acceptors (Lipinski definition) is 7. The van der Waals surface area contributed by atoms with Gasteiger partial charge in [0.2, 0.25) is 0 Å². The summed E-state index contributed by atoms with van der Waals surface area (Å²) in [6, 6.07) is -1.07. The molecule has 0 radical (unpaired) electrons. The van der Waals surface area contributed by atoms with Crippen LogP contribution < -0.4 is 5.73 Å². The highest BCUT2D eigenvalue weighted by Gasteiger charge is 2.42. The number of ether oxygens (including phenoxy) is 3. The highest BCUT2D eigenvalue weighted by Crippen LogP contribution is 2.26. The molecular formula is C18H31NO6. The van der Waals surface area contributed by atoms with Gasteiger partial charge in [-0.2, -0.15) is 0 Å². The minimum Gasteiger partial charge on any atom is -0.460 e. The fourth-order valence-corrected chi connectivity index (χ4v) is 2.63. The number of hydrogen-bond donors (Lipinski definition) is 1. The highest BCUT2D eigenvalue weighted by atomic mass is 16.6. The topological polar surface area (TPSA) is 105 Å². The maximum Gasteiger partial charge on any atom is 0.327 e. The summed E-state index contributed by atoms with van der Waals surface area (Å²) in [7, 11) is 0. The molecule has 1 fully saturated rings. The zero-order chi connectivity index (χ0) is 19.1. The van der Waals surface area contributed by atoms with E-state index in [-0.39, 0.29) is 5.92 Å². The molecular weight excluding hydrogens is 326 g/mol. The minimum absolute atomic E-state index is 0.306. The van der Waals surface area contributed by atoms with E-state index in [1.165, 1.54) is 0 Å². The van der Waals surface area contributed by atoms with Crippen LogP contribution >= 0.6 is 0 Å². The maximum absolute atomic E-state index is 12.6. The van der Waals surface area contributed by atoms with Crippen LogP contribution in [0.1, 0.15) is 60.3 Å². The van der Waals surface area contributed by atoms with E-state index in [0.29, 0.717) is 12.8 Å². The summed E-state index contributed by atoms with van der Waals surface area (Å²) in [6.07, 6.45) is 0.259. The second kappa shape index (κ2) is 9.75. The van der Waals surface area contributed by atoms with Crippen LogP contribution in [0, 0.1) is 11.8 Å². The number of unbranched alkanes of at least 4 members (excludes halogenated alkanes) is 1. The fraction of sp³-hybridized carbons (Fsp3) is 0.833. The molecule has 1 aliphatic heterocycles. The first-order valence-electron chi connectivity index (χ1n) is 9.09. The molecule has 1 saturated heterocycles. The molecule has 6 atom stereocenters. The molecule has 0 aliphatic carbocycles. The summed E-state index contributed by atoms with van der Waals surface area (Å²) in [4.78, 5) is 37.0. The van der Waals surface area contributed by atoms with Gasteiger partial charge in [0.25, 0.3) is 0 Å². The molecule has 144 valence electrons. The third kappa shape index (κ3) is 5.70. The summed E-state index contributed by atoms with van der Waals surface area (Å²) >= 11 is 0. The highest BCUT2D eigenvalue weighted by molar-refractivity contribution is 5.80. The summed E-state index contributed by atoms with van der Waals surface area (Å²) < 4.78 is 16.3. The van der Waals surface area contributed by atoms with Gasteiger partial charge in [0.15, 0.2) is 6.10 Å². The van der Waals surface area contributed by atoms with Crippen LogP contribution in [0.3, 0.4) is 0 Å². The van der Waals surface area contributed by atoms with E-state index in [0.717, 1.165) is 12.8 Å². The Hall–Kier alpha value is -1.63. The molecule has 0 aromatic rings. The first-order valence-corrected chi connectivity index (χ1v) is 9.09. The zero-order valence-electron chi connectivity index (χ0n) is 15.8. The van der Waals surface area contributed by atoms with Crippen LogP contribution in [0.4, 0.5) is 0 Å². The average Bonchev–Trinajstić information content (AvgIpc) is 2.60. The van der Waals surface area contributed by atoms with Gasteiger partial charge in [0.05, 0.1) is 11.8 Å². The van der Waals surface area contributed by atoms with Gasteiger partial charge in [-0.15, -0.1) is 0 Å². The van der Waals surface area contributed by atoms with E-state index < -0.39 is 48.2 Å². The van der Waals surface area contributed by atoms with Crippen molar-refractivity contribution in [1.82, 2.24) is 0 Å². The van der Waals surface area contributed by atoms with Crippen molar-refractivity contribution in [3.63, 3.8) is 0 Å². The third-order valence-electron chi connectivity index (χ3n) is 4.68. The number of carbonyl (C=O) groups excluding carboxylic acids is 3. The Kier molecular flexibility index (Phi) is 8.35. The molecule has 1 heterocycles. The van der Waals surface area contributed by atoms with Crippen molar-refractivity contribution in [1.29, 1.82) is 0 Å². The zero-order valence-corrected chi connectivity index (χ0v) is 15.8. The van der Waals surface area contributed by atoms with E-state index in [4.69, 9.17) is 19.9 Å². The summed E-state index contributed by atoms with van der Waals surface area (Å²) in [5.74, 6) is -2.60. The van der Waals surface area contributed by atoms with E-state index >= 15 is 0 Å². The number of rotatable bonds is 6. The van der Waals surface area contributed by atoms with Gasteiger partial charge >= 0.3 is 17.9 Å². The molecule has 25 heavy (non-hydrogen) atoms. The Balaban J connectivity index is 3.14. The van der Waals surface area contributed by atoms with Gasteiger partial charge in [0.1, 0.15) is 18.2 Å². The molecule has 1 unspecified atom stereocenters. The molecule has 0 bridgehead atoms. The van der Waals surface area contributed by atoms with Crippen molar-refractivity contribution < 1.29 is 28.6 Å². The van der Waals surface area contributed by atoms with E-state index in [1.54, 1.807) is 20.8 Å². The lowest BCUT2D eigenvalue weighted by atomic mass is 9.92. The maximum atomic E-state index is 12.6. The van der Waals surface area contributed by atoms with Crippen molar-refractivity contribution >= 4 is 17.9 Å². The average molecular weight is 357 g/mol. The smallest absolute Gasteiger partial charge is 0.327 e. The predicted molar refractivity (Wildman–Crippen MR) is 91.4 cm³/mol. The second-order valence-electron chi connectivity index (χ2n) is 6.77. The summed E-state index contributed by atoms with van der Waals surface area (Å²) in [6.45, 7) is 8.80. The van der Waals surface area contributed by atoms with Gasteiger partial charge in [0, 0.05) is 0 Å². The molecule has 2 N–H and O–H groups in total. The van der Waals surface area contributed by atoms with Crippen molar-refractivity contribution in [3.8, 4) is 0 Å². The van der Waals surface area contributed by atoms with Crippen LogP contribution in [0.15, 0.2) is 0 Å². The van der Waals surface area contributed by atoms with Crippen molar-refractivity contribution in [2.75, 3.05) is 0 Å². The lowest BCUT2D eigenvalue weighted by molar-refractivity contribution is -0.177. The fourth-order valence-electron chi connectivity index (χ4n) is 2.63. The number of nitrogens with two attached hydrogens (primary N) is 1. The monoisotopic (exact) mass is 357 g/mol. The molecule has 1 aliphatic rings. The number of cyclic esters (lactones) is 2. The molecule has 7 heteroatoms. The number of carbonyl (C=O) groups is 3. The lowest BCUT2D eigenvalue weighted by Crippen LogP contribution is -2.44. The lowest BCUT2D eigenvalue weighted by Gasteiger charge is -2.30. The Bertz CT molecular complexity index is 480. The Morgan fingerprint density at radius 3 is 2.32 bits per heavy atom. The van der Waals surface area contributed by atoms with Gasteiger partial charge < -0.3 is 19.9 Å². The standard InChI is InChI=1S/C18H31NO6/c1-6-8-9-13-15(25-16(20)10(3)7-2)12(5)24-18(22)14(19)11(4)23-17(13)21/h10-15H,6-9,19H2,1-5H3/t10?,11-,12+,13-,14+,15+/m1/s1. The quantitative estimate of drug-likeness (QED) is 0.572. The third-order valence-corrected chi connectivity index (χ3v) is 4.68. The first-order chi connectivity index (χ1) is 11.7. The predicted octanol–water partition coefficient (Wildman–Crippen LogP) is 1.95. The molecule has 7 nitrogen and oxygen atoms in total. The minimum atomic E-state index is -1.07. The Labute approximate surface area is 149 Å². The van der Waals surface area contributed by atoms with Gasteiger partial charge in [-0.1, -0.05) is 33.6 Å². The van der Waals surface area contributed by atoms with Crippen molar-refractivity contribution in [3.05, 3.63) is 0 Å². The van der Waals surface area contributed by atoms with Crippen LogP contribution in [0.5, 0.6) is 0 Å². The van der Waals surface area contributed by atoms with E-state index in [2.05, 4.69) is 0 Å². The van der Waals surface area contributed by atoms with Gasteiger partial charge in [-0.05, 0) is 26.7 Å². The normalized spacial score (nSPS) is 31.8. The molecule has 0 spiro atoms. The summed E-state index contributed by atoms with van der Waals surface area (Å²) in [5.41, 5.74) is 5.79. The van der Waals surface area contributed by atoms with Crippen LogP contribution in [0.2, 0.25) is 0 Å². The van der Waals surface area contributed by atoms with Gasteiger partial charge in [-0.25, -0.2) is 0 Å². The van der Waals surface area contributed by atoms with Crippen LogP contribution in [-0.4, -0.2) is 42.3 Å². The molecule has 0 amide bonds. The molecule has 0 aromatic carbocycles. The van der Waals surface area contributed by atoms with Crippen molar-refractivity contribution in [2.24, 2.45) is 17.6 Å². The SMILES string of the molecule is CCCC[C@H]1C(=O)O[C@H](C)[C@H](N)C(=O)O[C@@H](C)[C@@H]1OC(=O)C(C)CC. The van der Waals surface area contributed by atoms with Crippen molar-refractivity contribution in [2.45, 2.75) is 84.7 Å². The molecule has 0 saturated carbocycles. The summed E-state index contributed by atoms with van der Waals surface area (Å²) in [5, 5.41) is 0. The molecule has 0 aromatic heterocycles. The van der Waals surface area contributed by atoms with Crippen LogP contribution in [0.25, 0.3) is 0 Å². The Morgan fingerprint density at radius 1 is 1.16 bits per heavy atom.